The number of benzene rings is 1. The molecule has 1 aliphatic rings. The van der Waals surface area contributed by atoms with Gasteiger partial charge in [-0.25, -0.2) is 0 Å². The van der Waals surface area contributed by atoms with Gasteiger partial charge >= 0.3 is 0 Å². The Kier molecular flexibility index (Phi) is 5.04. The minimum atomic E-state index is -0.438. The summed E-state index contributed by atoms with van der Waals surface area (Å²) >= 11 is 3.56. The first kappa shape index (κ1) is 16.0. The molecule has 4 nitrogen and oxygen atoms in total. The summed E-state index contributed by atoms with van der Waals surface area (Å²) in [5.41, 5.74) is 1.91. The molecule has 1 saturated heterocycles. The van der Waals surface area contributed by atoms with Crippen LogP contribution < -0.4 is 10.2 Å². The smallest absolute Gasteiger partial charge is 0.249 e. The van der Waals surface area contributed by atoms with Crippen molar-refractivity contribution in [3.8, 4) is 0 Å². The maximum atomic E-state index is 12.8. The molecule has 1 fully saturated rings. The number of amides is 2. The SMILES string of the molecule is Cc1cccc(N2CCC(=O)NC(CC(C)C)C2=O)c1Br. The number of rotatable bonds is 3. The van der Waals surface area contributed by atoms with E-state index in [1.54, 1.807) is 4.90 Å². The summed E-state index contributed by atoms with van der Waals surface area (Å²) in [6.07, 6.45) is 0.991. The Morgan fingerprint density at radius 2 is 2.10 bits per heavy atom. The van der Waals surface area contributed by atoms with Crippen LogP contribution in [0.2, 0.25) is 0 Å². The lowest BCUT2D eigenvalue weighted by Crippen LogP contribution is -2.45. The Hall–Kier alpha value is -1.36. The molecule has 0 bridgehead atoms. The summed E-state index contributed by atoms with van der Waals surface area (Å²) < 4.78 is 0.913. The third-order valence-corrected chi connectivity index (χ3v) is 4.66. The molecule has 0 spiro atoms. The van der Waals surface area contributed by atoms with Crippen LogP contribution in [0.3, 0.4) is 0 Å². The highest BCUT2D eigenvalue weighted by Gasteiger charge is 2.31. The molecule has 5 heteroatoms. The second-order valence-corrected chi connectivity index (χ2v) is 6.69. The van der Waals surface area contributed by atoms with E-state index in [2.05, 4.69) is 35.1 Å². The van der Waals surface area contributed by atoms with Gasteiger partial charge in [-0.15, -0.1) is 0 Å². The van der Waals surface area contributed by atoms with Gasteiger partial charge in [-0.3, -0.25) is 9.59 Å². The van der Waals surface area contributed by atoms with E-state index in [0.29, 0.717) is 25.3 Å². The van der Waals surface area contributed by atoms with E-state index in [1.165, 1.54) is 0 Å². The Morgan fingerprint density at radius 1 is 1.38 bits per heavy atom. The van der Waals surface area contributed by atoms with Gasteiger partial charge in [-0.2, -0.15) is 0 Å². The van der Waals surface area contributed by atoms with E-state index in [0.717, 1.165) is 15.7 Å². The first-order chi connectivity index (χ1) is 9.90. The van der Waals surface area contributed by atoms with Crippen LogP contribution in [-0.4, -0.2) is 24.4 Å². The van der Waals surface area contributed by atoms with E-state index >= 15 is 0 Å². The van der Waals surface area contributed by atoms with Gasteiger partial charge in [0.25, 0.3) is 0 Å². The standard InChI is InChI=1S/C16H21BrN2O2/c1-10(2)9-12-16(21)19(8-7-14(20)18-12)13-6-4-5-11(3)15(13)17/h4-6,10,12H,7-9H2,1-3H3,(H,18,20). The van der Waals surface area contributed by atoms with Gasteiger partial charge in [-0.05, 0) is 46.8 Å². The zero-order chi connectivity index (χ0) is 15.6. The largest absolute Gasteiger partial charge is 0.344 e. The molecule has 114 valence electrons. The van der Waals surface area contributed by atoms with Gasteiger partial charge in [0.05, 0.1) is 5.69 Å². The summed E-state index contributed by atoms with van der Waals surface area (Å²) in [6.45, 7) is 6.51. The normalized spacial score (nSPS) is 19.7. The van der Waals surface area contributed by atoms with Crippen molar-refractivity contribution in [2.75, 3.05) is 11.4 Å². The molecule has 0 radical (unpaired) electrons. The van der Waals surface area contributed by atoms with Crippen molar-refractivity contribution < 1.29 is 9.59 Å². The number of nitrogens with one attached hydrogen (secondary N) is 1. The number of hydrogen-bond acceptors (Lipinski definition) is 2. The predicted octanol–water partition coefficient (Wildman–Crippen LogP) is 3.03. The van der Waals surface area contributed by atoms with Crippen molar-refractivity contribution in [2.24, 2.45) is 5.92 Å². The van der Waals surface area contributed by atoms with Crippen LogP contribution in [0.5, 0.6) is 0 Å². The van der Waals surface area contributed by atoms with E-state index in [9.17, 15) is 9.59 Å². The summed E-state index contributed by atoms with van der Waals surface area (Å²) in [7, 11) is 0. The van der Waals surface area contributed by atoms with Gasteiger partial charge in [0.1, 0.15) is 6.04 Å². The Bertz CT molecular complexity index is 557. The molecule has 0 aliphatic carbocycles. The first-order valence-electron chi connectivity index (χ1n) is 7.26. The summed E-state index contributed by atoms with van der Waals surface area (Å²) in [6, 6.07) is 5.40. The van der Waals surface area contributed by atoms with Crippen LogP contribution in [0.25, 0.3) is 0 Å². The number of nitrogens with zero attached hydrogens (tertiary/aromatic N) is 1. The number of carbonyl (C=O) groups excluding carboxylic acids is 2. The second-order valence-electron chi connectivity index (χ2n) is 5.90. The van der Waals surface area contributed by atoms with Crippen LogP contribution in [0.4, 0.5) is 5.69 Å². The molecule has 1 aromatic carbocycles. The van der Waals surface area contributed by atoms with Crippen LogP contribution in [0.15, 0.2) is 22.7 Å². The first-order valence-corrected chi connectivity index (χ1v) is 8.05. The van der Waals surface area contributed by atoms with Crippen molar-refractivity contribution in [1.29, 1.82) is 0 Å². The number of aryl methyl sites for hydroxylation is 1. The minimum Gasteiger partial charge on any atom is -0.344 e. The molecule has 1 N–H and O–H groups in total. The lowest BCUT2D eigenvalue weighted by atomic mass is 10.0. The Morgan fingerprint density at radius 3 is 2.76 bits per heavy atom. The average Bonchev–Trinajstić information content (AvgIpc) is 2.53. The molecular weight excluding hydrogens is 332 g/mol. The molecule has 1 aromatic rings. The maximum absolute atomic E-state index is 12.8. The van der Waals surface area contributed by atoms with Crippen LogP contribution in [0, 0.1) is 12.8 Å². The van der Waals surface area contributed by atoms with Crippen LogP contribution in [-0.2, 0) is 9.59 Å². The molecule has 1 unspecified atom stereocenters. The fourth-order valence-corrected chi connectivity index (χ4v) is 3.03. The van der Waals surface area contributed by atoms with Crippen molar-refractivity contribution >= 4 is 33.4 Å². The molecule has 0 saturated carbocycles. The van der Waals surface area contributed by atoms with Crippen LogP contribution >= 0.6 is 15.9 Å². The molecular formula is C16H21BrN2O2. The van der Waals surface area contributed by atoms with Crippen molar-refractivity contribution in [1.82, 2.24) is 5.32 Å². The highest BCUT2D eigenvalue weighted by Crippen LogP contribution is 2.30. The van der Waals surface area contributed by atoms with Crippen molar-refractivity contribution in [3.05, 3.63) is 28.2 Å². The van der Waals surface area contributed by atoms with Crippen molar-refractivity contribution in [2.45, 2.75) is 39.7 Å². The average molecular weight is 353 g/mol. The maximum Gasteiger partial charge on any atom is 0.249 e. The fourth-order valence-electron chi connectivity index (χ4n) is 2.55. The molecule has 1 aliphatic heterocycles. The quantitative estimate of drug-likeness (QED) is 0.908. The van der Waals surface area contributed by atoms with Crippen molar-refractivity contribution in [3.63, 3.8) is 0 Å². The number of halogens is 1. The third-order valence-electron chi connectivity index (χ3n) is 3.63. The van der Waals surface area contributed by atoms with E-state index < -0.39 is 6.04 Å². The summed E-state index contributed by atoms with van der Waals surface area (Å²) in [5.74, 6) is 0.265. The highest BCUT2D eigenvalue weighted by atomic mass is 79.9. The Balaban J connectivity index is 2.35. The summed E-state index contributed by atoms with van der Waals surface area (Å²) in [5, 5.41) is 2.85. The topological polar surface area (TPSA) is 49.4 Å². The fraction of sp³-hybridized carbons (Fsp3) is 0.500. The Labute approximate surface area is 134 Å². The van der Waals surface area contributed by atoms with Gasteiger partial charge < -0.3 is 10.2 Å². The molecule has 2 amide bonds. The number of anilines is 1. The van der Waals surface area contributed by atoms with E-state index in [1.807, 2.05) is 25.1 Å². The van der Waals surface area contributed by atoms with Crippen LogP contribution in [0.1, 0.15) is 32.3 Å². The second kappa shape index (κ2) is 6.60. The minimum absolute atomic E-state index is 0.0270. The van der Waals surface area contributed by atoms with Gasteiger partial charge in [0.15, 0.2) is 0 Å². The van der Waals surface area contributed by atoms with Gasteiger partial charge in [0.2, 0.25) is 11.8 Å². The lowest BCUT2D eigenvalue weighted by Gasteiger charge is -2.26. The monoisotopic (exact) mass is 352 g/mol. The van der Waals surface area contributed by atoms with Gasteiger partial charge in [0, 0.05) is 17.4 Å². The summed E-state index contributed by atoms with van der Waals surface area (Å²) in [4.78, 5) is 26.4. The molecule has 2 rings (SSSR count). The molecule has 21 heavy (non-hydrogen) atoms. The highest BCUT2D eigenvalue weighted by molar-refractivity contribution is 9.10. The molecule has 1 atom stereocenters. The molecule has 1 heterocycles. The van der Waals surface area contributed by atoms with Gasteiger partial charge in [-0.1, -0.05) is 26.0 Å². The zero-order valence-corrected chi connectivity index (χ0v) is 14.2. The third kappa shape index (κ3) is 3.64. The van der Waals surface area contributed by atoms with E-state index in [4.69, 9.17) is 0 Å². The number of hydrogen-bond donors (Lipinski definition) is 1. The molecule has 0 aromatic heterocycles. The predicted molar refractivity (Wildman–Crippen MR) is 87.2 cm³/mol. The lowest BCUT2D eigenvalue weighted by molar-refractivity contribution is -0.125. The number of carbonyl (C=O) groups is 2. The van der Waals surface area contributed by atoms with E-state index in [-0.39, 0.29) is 11.8 Å². The zero-order valence-electron chi connectivity index (χ0n) is 12.6.